The Morgan fingerprint density at radius 2 is 2.20 bits per heavy atom. The third-order valence-corrected chi connectivity index (χ3v) is 3.63. The van der Waals surface area contributed by atoms with Crippen LogP contribution >= 0.6 is 0 Å². The van der Waals surface area contributed by atoms with Gasteiger partial charge in [0.15, 0.2) is 5.58 Å². The predicted molar refractivity (Wildman–Crippen MR) is 87.5 cm³/mol. The zero-order valence-electron chi connectivity index (χ0n) is 14.2. The fraction of sp³-hybridized carbons (Fsp3) is 0.500. The second-order valence-electron chi connectivity index (χ2n) is 6.84. The number of nitro groups is 1. The molecule has 0 saturated carbocycles. The second-order valence-corrected chi connectivity index (χ2v) is 6.84. The van der Waals surface area contributed by atoms with E-state index in [0.29, 0.717) is 30.6 Å². The summed E-state index contributed by atoms with van der Waals surface area (Å²) in [6, 6.07) is 4.15. The highest BCUT2D eigenvalue weighted by atomic mass is 16.6. The van der Waals surface area contributed by atoms with Gasteiger partial charge in [0.2, 0.25) is 0 Å². The Balaban J connectivity index is 1.64. The number of rotatable bonds is 3. The molecule has 0 N–H and O–H groups in total. The molecule has 1 aromatic carbocycles. The monoisotopic (exact) mass is 349 g/mol. The predicted octanol–water partition coefficient (Wildman–Crippen LogP) is 3.12. The van der Waals surface area contributed by atoms with Crippen LogP contribution in [0.2, 0.25) is 0 Å². The number of amides is 1. The molecule has 0 aliphatic carbocycles. The highest BCUT2D eigenvalue weighted by molar-refractivity contribution is 5.76. The van der Waals surface area contributed by atoms with Gasteiger partial charge in [-0.05, 0) is 26.8 Å². The molecule has 1 atom stereocenters. The summed E-state index contributed by atoms with van der Waals surface area (Å²) in [7, 11) is 0. The number of oxazole rings is 1. The molecule has 1 aliphatic rings. The lowest BCUT2D eigenvalue weighted by atomic mass is 10.2. The lowest BCUT2D eigenvalue weighted by Gasteiger charge is -2.24. The van der Waals surface area contributed by atoms with Crippen molar-refractivity contribution in [3.63, 3.8) is 0 Å². The number of benzene rings is 1. The summed E-state index contributed by atoms with van der Waals surface area (Å²) in [5, 5.41) is 10.8. The quantitative estimate of drug-likeness (QED) is 0.618. The molecule has 0 radical (unpaired) electrons. The molecule has 134 valence electrons. The minimum Gasteiger partial charge on any atom is -0.445 e. The van der Waals surface area contributed by atoms with Gasteiger partial charge in [-0.3, -0.25) is 10.1 Å². The number of non-ortho nitro benzene ring substituents is 1. The Morgan fingerprint density at radius 3 is 2.88 bits per heavy atom. The zero-order valence-corrected chi connectivity index (χ0v) is 14.2. The van der Waals surface area contributed by atoms with E-state index in [0.717, 1.165) is 0 Å². The molecule has 0 bridgehead atoms. The maximum atomic E-state index is 12.0. The van der Waals surface area contributed by atoms with Crippen molar-refractivity contribution in [1.82, 2.24) is 9.88 Å². The summed E-state index contributed by atoms with van der Waals surface area (Å²) in [5.41, 5.74) is 0.142. The SMILES string of the molecule is CC(C)(C)OC(=O)N1CCC(Oc2nc3cc([N+](=O)[O-])ccc3o2)C1. The van der Waals surface area contributed by atoms with Gasteiger partial charge >= 0.3 is 12.2 Å². The summed E-state index contributed by atoms with van der Waals surface area (Å²) in [6.45, 7) is 6.32. The lowest BCUT2D eigenvalue weighted by molar-refractivity contribution is -0.384. The third kappa shape index (κ3) is 3.98. The Morgan fingerprint density at radius 1 is 1.44 bits per heavy atom. The molecule has 1 aliphatic heterocycles. The van der Waals surface area contributed by atoms with Gasteiger partial charge < -0.3 is 18.8 Å². The summed E-state index contributed by atoms with van der Waals surface area (Å²) < 4.78 is 16.5. The maximum absolute atomic E-state index is 12.0. The van der Waals surface area contributed by atoms with Crippen LogP contribution in [-0.2, 0) is 4.74 Å². The number of carbonyl (C=O) groups is 1. The van der Waals surface area contributed by atoms with E-state index in [-0.39, 0.29) is 24.0 Å². The van der Waals surface area contributed by atoms with Gasteiger partial charge in [0.25, 0.3) is 5.69 Å². The normalized spacial score (nSPS) is 17.7. The molecule has 2 heterocycles. The van der Waals surface area contributed by atoms with Crippen LogP contribution in [0.25, 0.3) is 11.1 Å². The van der Waals surface area contributed by atoms with Gasteiger partial charge in [0.1, 0.15) is 17.2 Å². The molecule has 1 aromatic heterocycles. The third-order valence-electron chi connectivity index (χ3n) is 3.63. The van der Waals surface area contributed by atoms with Gasteiger partial charge in [-0.2, -0.15) is 4.98 Å². The zero-order chi connectivity index (χ0) is 18.2. The number of nitrogens with zero attached hydrogens (tertiary/aromatic N) is 3. The first-order valence-corrected chi connectivity index (χ1v) is 7.91. The number of ether oxygens (including phenoxy) is 2. The largest absolute Gasteiger partial charge is 0.445 e. The van der Waals surface area contributed by atoms with Crippen LogP contribution in [0.15, 0.2) is 22.6 Å². The van der Waals surface area contributed by atoms with Crippen LogP contribution in [0.4, 0.5) is 10.5 Å². The standard InChI is InChI=1S/C16H19N3O6/c1-16(2,3)25-15(20)18-7-6-11(9-18)23-14-17-12-8-10(19(21)22)4-5-13(12)24-14/h4-5,8,11H,6-7,9H2,1-3H3. The van der Waals surface area contributed by atoms with Crippen LogP contribution < -0.4 is 4.74 Å². The van der Waals surface area contributed by atoms with Gasteiger partial charge in [-0.25, -0.2) is 4.79 Å². The number of hydrogen-bond donors (Lipinski definition) is 0. The van der Waals surface area contributed by atoms with Gasteiger partial charge in [-0.1, -0.05) is 0 Å². The van der Waals surface area contributed by atoms with Gasteiger partial charge in [0, 0.05) is 25.1 Å². The van der Waals surface area contributed by atoms with Crippen LogP contribution in [0, 0.1) is 10.1 Å². The summed E-state index contributed by atoms with van der Waals surface area (Å²) >= 11 is 0. The molecule has 9 heteroatoms. The first-order chi connectivity index (χ1) is 11.7. The van der Waals surface area contributed by atoms with E-state index in [4.69, 9.17) is 13.9 Å². The van der Waals surface area contributed by atoms with Crippen molar-refractivity contribution in [1.29, 1.82) is 0 Å². The minimum atomic E-state index is -0.551. The lowest BCUT2D eigenvalue weighted by Crippen LogP contribution is -2.36. The number of hydrogen-bond acceptors (Lipinski definition) is 7. The highest BCUT2D eigenvalue weighted by Crippen LogP contribution is 2.26. The van der Waals surface area contributed by atoms with Crippen molar-refractivity contribution in [3.8, 4) is 6.08 Å². The van der Waals surface area contributed by atoms with E-state index < -0.39 is 10.5 Å². The van der Waals surface area contributed by atoms with E-state index in [1.807, 2.05) is 20.8 Å². The van der Waals surface area contributed by atoms with Crippen molar-refractivity contribution in [2.75, 3.05) is 13.1 Å². The van der Waals surface area contributed by atoms with Gasteiger partial charge in [-0.15, -0.1) is 0 Å². The van der Waals surface area contributed by atoms with Crippen molar-refractivity contribution in [3.05, 3.63) is 28.3 Å². The number of nitro benzene ring substituents is 1. The smallest absolute Gasteiger partial charge is 0.410 e. The van der Waals surface area contributed by atoms with E-state index >= 15 is 0 Å². The maximum Gasteiger partial charge on any atom is 0.410 e. The number of fused-ring (bicyclic) bond motifs is 1. The molecule has 3 rings (SSSR count). The fourth-order valence-electron chi connectivity index (χ4n) is 2.52. The Bertz CT molecular complexity index is 810. The molecule has 25 heavy (non-hydrogen) atoms. The summed E-state index contributed by atoms with van der Waals surface area (Å²) in [5.74, 6) is 0. The average Bonchev–Trinajstić information content (AvgIpc) is 3.11. The molecule has 9 nitrogen and oxygen atoms in total. The number of aromatic nitrogens is 1. The fourth-order valence-corrected chi connectivity index (χ4v) is 2.52. The van der Waals surface area contributed by atoms with Crippen LogP contribution in [0.1, 0.15) is 27.2 Å². The van der Waals surface area contributed by atoms with E-state index in [9.17, 15) is 14.9 Å². The second kappa shape index (κ2) is 6.23. The average molecular weight is 349 g/mol. The first kappa shape index (κ1) is 17.0. The summed E-state index contributed by atoms with van der Waals surface area (Å²) in [4.78, 5) is 28.0. The molecular formula is C16H19N3O6. The number of likely N-dealkylation sites (tertiary alicyclic amines) is 1. The van der Waals surface area contributed by atoms with Crippen molar-refractivity contribution >= 4 is 22.9 Å². The van der Waals surface area contributed by atoms with Crippen molar-refractivity contribution in [2.45, 2.75) is 38.9 Å². The van der Waals surface area contributed by atoms with Crippen molar-refractivity contribution < 1.29 is 23.6 Å². The number of carbonyl (C=O) groups excluding carboxylic acids is 1. The molecule has 0 spiro atoms. The molecule has 2 aromatic rings. The van der Waals surface area contributed by atoms with Crippen molar-refractivity contribution in [2.24, 2.45) is 0 Å². The van der Waals surface area contributed by atoms with E-state index in [2.05, 4.69) is 4.98 Å². The van der Waals surface area contributed by atoms with Gasteiger partial charge in [0.05, 0.1) is 11.5 Å². The topological polar surface area (TPSA) is 108 Å². The van der Waals surface area contributed by atoms with Crippen LogP contribution in [0.5, 0.6) is 6.08 Å². The van der Waals surface area contributed by atoms with Crippen LogP contribution in [-0.4, -0.2) is 45.7 Å². The molecule has 1 unspecified atom stereocenters. The molecule has 1 fully saturated rings. The molecule has 1 saturated heterocycles. The Hall–Kier alpha value is -2.84. The summed E-state index contributed by atoms with van der Waals surface area (Å²) in [6.07, 6.45) is 0.00637. The Labute approximate surface area is 143 Å². The minimum absolute atomic E-state index is 0.0338. The molecular weight excluding hydrogens is 330 g/mol. The Kier molecular flexibility index (Phi) is 4.23. The highest BCUT2D eigenvalue weighted by Gasteiger charge is 2.31. The first-order valence-electron chi connectivity index (χ1n) is 7.91. The van der Waals surface area contributed by atoms with E-state index in [1.54, 1.807) is 4.90 Å². The van der Waals surface area contributed by atoms with Crippen LogP contribution in [0.3, 0.4) is 0 Å². The van der Waals surface area contributed by atoms with E-state index in [1.165, 1.54) is 18.2 Å². The molecule has 1 amide bonds.